The first-order valence-corrected chi connectivity index (χ1v) is 6.31. The van der Waals surface area contributed by atoms with Crippen molar-refractivity contribution in [2.75, 3.05) is 14.2 Å². The summed E-state index contributed by atoms with van der Waals surface area (Å²) in [7, 11) is 3.19. The number of aryl methyl sites for hydroxylation is 1. The zero-order chi connectivity index (χ0) is 14.5. The van der Waals surface area contributed by atoms with Crippen molar-refractivity contribution in [1.29, 1.82) is 0 Å². The Hall–Kier alpha value is -2.14. The second-order valence-corrected chi connectivity index (χ2v) is 4.28. The Morgan fingerprint density at radius 1 is 1.15 bits per heavy atom. The highest BCUT2D eigenvalue weighted by atomic mass is 16.5. The molecule has 0 amide bonds. The van der Waals surface area contributed by atoms with E-state index in [1.165, 1.54) is 0 Å². The van der Waals surface area contributed by atoms with Crippen molar-refractivity contribution >= 4 is 0 Å². The molecule has 20 heavy (non-hydrogen) atoms. The molecule has 0 unspecified atom stereocenters. The number of methoxy groups -OCH3 is 2. The largest absolute Gasteiger partial charge is 0.493 e. The first kappa shape index (κ1) is 14.3. The molecule has 1 aromatic carbocycles. The SMILES string of the molecule is COc1cccc(OC)c1OCc1cc(CN)oc1C. The van der Waals surface area contributed by atoms with Gasteiger partial charge in [0, 0.05) is 5.56 Å². The van der Waals surface area contributed by atoms with Gasteiger partial charge in [0.2, 0.25) is 5.75 Å². The van der Waals surface area contributed by atoms with E-state index >= 15 is 0 Å². The second-order valence-electron chi connectivity index (χ2n) is 4.28. The van der Waals surface area contributed by atoms with Crippen LogP contribution >= 0.6 is 0 Å². The number of hydrogen-bond acceptors (Lipinski definition) is 5. The standard InChI is InChI=1S/C15H19NO4/c1-10-11(7-12(8-16)20-10)9-19-15-13(17-2)5-4-6-14(15)18-3/h4-7H,8-9,16H2,1-3H3. The molecule has 5 nitrogen and oxygen atoms in total. The predicted octanol–water partition coefficient (Wildman–Crippen LogP) is 2.64. The van der Waals surface area contributed by atoms with Crippen molar-refractivity contribution in [3.63, 3.8) is 0 Å². The Labute approximate surface area is 118 Å². The molecule has 0 aliphatic carbocycles. The normalized spacial score (nSPS) is 10.4. The first-order valence-electron chi connectivity index (χ1n) is 6.31. The van der Waals surface area contributed by atoms with Crippen LogP contribution in [0.4, 0.5) is 0 Å². The maximum Gasteiger partial charge on any atom is 0.203 e. The van der Waals surface area contributed by atoms with Gasteiger partial charge in [0.15, 0.2) is 11.5 Å². The summed E-state index contributed by atoms with van der Waals surface area (Å²) in [6, 6.07) is 7.40. The van der Waals surface area contributed by atoms with Gasteiger partial charge < -0.3 is 24.4 Å². The van der Waals surface area contributed by atoms with Gasteiger partial charge in [-0.2, -0.15) is 0 Å². The van der Waals surface area contributed by atoms with Gasteiger partial charge in [0.05, 0.1) is 20.8 Å². The molecule has 0 aliphatic heterocycles. The summed E-state index contributed by atoms with van der Waals surface area (Å²) in [6.07, 6.45) is 0. The van der Waals surface area contributed by atoms with E-state index < -0.39 is 0 Å². The van der Waals surface area contributed by atoms with Crippen LogP contribution in [-0.2, 0) is 13.2 Å². The predicted molar refractivity (Wildman–Crippen MR) is 75.2 cm³/mol. The highest BCUT2D eigenvalue weighted by Gasteiger charge is 2.13. The second kappa shape index (κ2) is 6.34. The average molecular weight is 277 g/mol. The minimum atomic E-state index is 0.367. The smallest absolute Gasteiger partial charge is 0.203 e. The lowest BCUT2D eigenvalue weighted by molar-refractivity contribution is 0.264. The Morgan fingerprint density at radius 3 is 2.30 bits per heavy atom. The molecule has 0 saturated heterocycles. The lowest BCUT2D eigenvalue weighted by atomic mass is 10.2. The van der Waals surface area contributed by atoms with E-state index in [1.807, 2.05) is 31.2 Å². The number of para-hydroxylation sites is 1. The minimum Gasteiger partial charge on any atom is -0.493 e. The van der Waals surface area contributed by atoms with Gasteiger partial charge in [-0.15, -0.1) is 0 Å². The van der Waals surface area contributed by atoms with Crippen molar-refractivity contribution in [3.8, 4) is 17.2 Å². The minimum absolute atomic E-state index is 0.367. The highest BCUT2D eigenvalue weighted by Crippen LogP contribution is 2.37. The van der Waals surface area contributed by atoms with E-state index in [4.69, 9.17) is 24.4 Å². The molecule has 0 spiro atoms. The van der Waals surface area contributed by atoms with Gasteiger partial charge >= 0.3 is 0 Å². The summed E-state index contributed by atoms with van der Waals surface area (Å²) >= 11 is 0. The Morgan fingerprint density at radius 2 is 1.80 bits per heavy atom. The van der Waals surface area contributed by atoms with Crippen molar-refractivity contribution in [3.05, 3.63) is 41.3 Å². The highest BCUT2D eigenvalue weighted by molar-refractivity contribution is 5.51. The number of hydrogen-bond donors (Lipinski definition) is 1. The summed E-state index contributed by atoms with van der Waals surface area (Å²) in [4.78, 5) is 0. The molecule has 5 heteroatoms. The van der Waals surface area contributed by atoms with Crippen LogP contribution in [0.5, 0.6) is 17.2 Å². The quantitative estimate of drug-likeness (QED) is 0.879. The molecule has 0 fully saturated rings. The number of ether oxygens (including phenoxy) is 3. The van der Waals surface area contributed by atoms with E-state index in [0.717, 1.165) is 17.1 Å². The van der Waals surface area contributed by atoms with Crippen molar-refractivity contribution in [2.45, 2.75) is 20.1 Å². The number of rotatable bonds is 6. The van der Waals surface area contributed by atoms with Crippen LogP contribution in [0.15, 0.2) is 28.7 Å². The fourth-order valence-corrected chi connectivity index (χ4v) is 1.94. The van der Waals surface area contributed by atoms with Crippen LogP contribution < -0.4 is 19.9 Å². The van der Waals surface area contributed by atoms with Crippen LogP contribution in [0.25, 0.3) is 0 Å². The third kappa shape index (κ3) is 2.88. The summed E-state index contributed by atoms with van der Waals surface area (Å²) in [6.45, 7) is 2.63. The summed E-state index contributed by atoms with van der Waals surface area (Å²) < 4.78 is 21.9. The fraction of sp³-hybridized carbons (Fsp3) is 0.333. The molecule has 0 bridgehead atoms. The van der Waals surface area contributed by atoms with Crippen LogP contribution in [0.2, 0.25) is 0 Å². The zero-order valence-electron chi connectivity index (χ0n) is 11.9. The topological polar surface area (TPSA) is 66.8 Å². The third-order valence-corrected chi connectivity index (χ3v) is 3.03. The molecule has 1 aromatic heterocycles. The van der Waals surface area contributed by atoms with E-state index in [9.17, 15) is 0 Å². The van der Waals surface area contributed by atoms with Crippen molar-refractivity contribution in [2.24, 2.45) is 5.73 Å². The molecule has 2 rings (SSSR count). The summed E-state index contributed by atoms with van der Waals surface area (Å²) in [5.74, 6) is 3.38. The summed E-state index contributed by atoms with van der Waals surface area (Å²) in [5.41, 5.74) is 6.51. The van der Waals surface area contributed by atoms with Crippen LogP contribution in [0, 0.1) is 6.92 Å². The number of benzene rings is 1. The summed E-state index contributed by atoms with van der Waals surface area (Å²) in [5, 5.41) is 0. The number of furan rings is 1. The molecule has 0 atom stereocenters. The van der Waals surface area contributed by atoms with Gasteiger partial charge in [0.1, 0.15) is 18.1 Å². The maximum atomic E-state index is 5.82. The molecule has 2 aromatic rings. The Balaban J connectivity index is 2.19. The molecular formula is C15H19NO4. The van der Waals surface area contributed by atoms with Gasteiger partial charge in [0.25, 0.3) is 0 Å². The van der Waals surface area contributed by atoms with Crippen LogP contribution in [0.3, 0.4) is 0 Å². The van der Waals surface area contributed by atoms with Gasteiger partial charge in [-0.3, -0.25) is 0 Å². The lowest BCUT2D eigenvalue weighted by Crippen LogP contribution is -2.00. The van der Waals surface area contributed by atoms with Crippen molar-refractivity contribution in [1.82, 2.24) is 0 Å². The van der Waals surface area contributed by atoms with E-state index in [-0.39, 0.29) is 0 Å². The average Bonchev–Trinajstić information content (AvgIpc) is 2.85. The lowest BCUT2D eigenvalue weighted by Gasteiger charge is -2.13. The van der Waals surface area contributed by atoms with Gasteiger partial charge in [-0.25, -0.2) is 0 Å². The third-order valence-electron chi connectivity index (χ3n) is 3.03. The van der Waals surface area contributed by atoms with Gasteiger partial charge in [-0.1, -0.05) is 6.07 Å². The molecule has 108 valence electrons. The van der Waals surface area contributed by atoms with E-state index in [1.54, 1.807) is 14.2 Å². The maximum absolute atomic E-state index is 5.82. The van der Waals surface area contributed by atoms with Gasteiger partial charge in [-0.05, 0) is 25.1 Å². The van der Waals surface area contributed by atoms with Crippen LogP contribution in [0.1, 0.15) is 17.1 Å². The molecule has 1 heterocycles. The molecule has 0 radical (unpaired) electrons. The Kier molecular flexibility index (Phi) is 4.53. The number of nitrogens with two attached hydrogens (primary N) is 1. The fourth-order valence-electron chi connectivity index (χ4n) is 1.94. The molecule has 2 N–H and O–H groups in total. The molecule has 0 aliphatic rings. The molecular weight excluding hydrogens is 258 g/mol. The van der Waals surface area contributed by atoms with E-state index in [2.05, 4.69) is 0 Å². The van der Waals surface area contributed by atoms with Crippen LogP contribution in [-0.4, -0.2) is 14.2 Å². The van der Waals surface area contributed by atoms with Crippen molar-refractivity contribution < 1.29 is 18.6 Å². The first-order chi connectivity index (χ1) is 9.69. The zero-order valence-corrected chi connectivity index (χ0v) is 11.9. The monoisotopic (exact) mass is 277 g/mol. The molecule has 0 saturated carbocycles. The van der Waals surface area contributed by atoms with E-state index in [0.29, 0.717) is 30.4 Å². The Bertz CT molecular complexity index is 555.